The first-order chi connectivity index (χ1) is 11.7. The van der Waals surface area contributed by atoms with Crippen molar-refractivity contribution in [2.45, 2.75) is 61.9 Å². The highest BCUT2D eigenvalue weighted by atomic mass is 32.1. The van der Waals surface area contributed by atoms with Gasteiger partial charge in [0.25, 0.3) is 0 Å². The van der Waals surface area contributed by atoms with Gasteiger partial charge >= 0.3 is 0 Å². The summed E-state index contributed by atoms with van der Waals surface area (Å²) in [6.07, 6.45) is 8.96. The van der Waals surface area contributed by atoms with Crippen molar-refractivity contribution < 1.29 is 0 Å². The molecule has 0 aliphatic heterocycles. The minimum Gasteiger partial charge on any atom is -0.174 e. The normalized spacial score (nSPS) is 13.0. The Bertz CT molecular complexity index is 526. The van der Waals surface area contributed by atoms with Crippen molar-refractivity contribution in [3.8, 4) is 0 Å². The Morgan fingerprint density at radius 3 is 1.71 bits per heavy atom. The molecule has 1 unspecified atom stereocenters. The molecule has 0 fully saturated rings. The first-order valence-corrected chi connectivity index (χ1v) is 10.2. The second-order valence-electron chi connectivity index (χ2n) is 6.57. The van der Waals surface area contributed by atoms with E-state index >= 15 is 0 Å². The van der Waals surface area contributed by atoms with Gasteiger partial charge in [0, 0.05) is 5.25 Å². The summed E-state index contributed by atoms with van der Waals surface area (Å²) in [4.78, 5) is 0. The van der Waals surface area contributed by atoms with Crippen LogP contribution in [0.5, 0.6) is 0 Å². The Labute approximate surface area is 158 Å². The number of thiol groups is 2. The van der Waals surface area contributed by atoms with E-state index < -0.39 is 0 Å². The third-order valence-electron chi connectivity index (χ3n) is 4.74. The number of benzene rings is 2. The lowest BCUT2D eigenvalue weighted by Gasteiger charge is -2.35. The predicted octanol–water partition coefficient (Wildman–Crippen LogP) is 6.91. The molecule has 2 heteroatoms. The van der Waals surface area contributed by atoms with Crippen molar-refractivity contribution in [1.82, 2.24) is 0 Å². The Balaban J connectivity index is 2.09. The molecule has 24 heavy (non-hydrogen) atoms. The standard InChI is InChI=1S/C22H30S2/c1-2-3-4-5-6-13-18-21(23)22(24,19-14-9-7-10-15-19)20-16-11-8-12-17-20/h7-12,14-17,21,23-24H,2-6,13,18H2,1H3. The van der Waals surface area contributed by atoms with Gasteiger partial charge in [-0.15, -0.1) is 0 Å². The lowest BCUT2D eigenvalue weighted by atomic mass is 9.85. The van der Waals surface area contributed by atoms with Gasteiger partial charge in [0.2, 0.25) is 0 Å². The van der Waals surface area contributed by atoms with Gasteiger partial charge in [-0.2, -0.15) is 25.3 Å². The molecular formula is C22H30S2. The summed E-state index contributed by atoms with van der Waals surface area (Å²) < 4.78 is -0.352. The highest BCUT2D eigenvalue weighted by molar-refractivity contribution is 7.85. The van der Waals surface area contributed by atoms with Crippen LogP contribution < -0.4 is 0 Å². The first kappa shape index (κ1) is 19.5. The zero-order chi connectivity index (χ0) is 17.3. The minimum atomic E-state index is -0.352. The molecule has 2 aromatic carbocycles. The summed E-state index contributed by atoms with van der Waals surface area (Å²) in [5.41, 5.74) is 2.45. The Morgan fingerprint density at radius 1 is 0.750 bits per heavy atom. The molecule has 0 nitrogen and oxygen atoms in total. The van der Waals surface area contributed by atoms with E-state index in [4.69, 9.17) is 25.3 Å². The molecule has 1 atom stereocenters. The fourth-order valence-corrected chi connectivity index (χ4v) is 4.17. The van der Waals surface area contributed by atoms with Gasteiger partial charge in [0.15, 0.2) is 0 Å². The second-order valence-corrected chi connectivity index (χ2v) is 7.90. The Kier molecular flexibility index (Phi) is 8.28. The number of hydrogen-bond donors (Lipinski definition) is 2. The van der Waals surface area contributed by atoms with E-state index in [1.54, 1.807) is 0 Å². The molecule has 0 saturated carbocycles. The molecule has 0 aliphatic rings. The summed E-state index contributed by atoms with van der Waals surface area (Å²) in [6.45, 7) is 2.26. The van der Waals surface area contributed by atoms with E-state index in [2.05, 4.69) is 67.6 Å². The molecule has 0 spiro atoms. The van der Waals surface area contributed by atoms with Crippen LogP contribution in [0.1, 0.15) is 63.0 Å². The maximum Gasteiger partial charge on any atom is 0.0742 e. The average molecular weight is 359 g/mol. The van der Waals surface area contributed by atoms with E-state index in [0.29, 0.717) is 0 Å². The largest absolute Gasteiger partial charge is 0.174 e. The fraction of sp³-hybridized carbons (Fsp3) is 0.455. The van der Waals surface area contributed by atoms with Crippen molar-refractivity contribution in [3.63, 3.8) is 0 Å². The number of hydrogen-bond acceptors (Lipinski definition) is 2. The van der Waals surface area contributed by atoms with Crippen LogP contribution in [0.25, 0.3) is 0 Å². The van der Waals surface area contributed by atoms with E-state index in [1.165, 1.54) is 49.7 Å². The van der Waals surface area contributed by atoms with Crippen molar-refractivity contribution in [2.24, 2.45) is 0 Å². The highest BCUT2D eigenvalue weighted by Crippen LogP contribution is 2.43. The van der Waals surface area contributed by atoms with Crippen molar-refractivity contribution >= 4 is 25.3 Å². The highest BCUT2D eigenvalue weighted by Gasteiger charge is 2.36. The third-order valence-corrected chi connectivity index (χ3v) is 6.42. The Morgan fingerprint density at radius 2 is 1.21 bits per heavy atom. The summed E-state index contributed by atoms with van der Waals surface area (Å²) >= 11 is 10.2. The number of rotatable bonds is 10. The molecular weight excluding hydrogens is 328 g/mol. The molecule has 2 rings (SSSR count). The van der Waals surface area contributed by atoms with Gasteiger partial charge in [0.1, 0.15) is 0 Å². The molecule has 0 bridgehead atoms. The van der Waals surface area contributed by atoms with Gasteiger partial charge < -0.3 is 0 Å². The first-order valence-electron chi connectivity index (χ1n) is 9.21. The van der Waals surface area contributed by atoms with Crippen LogP contribution in [0.15, 0.2) is 60.7 Å². The molecule has 0 heterocycles. The maximum atomic E-state index is 5.17. The van der Waals surface area contributed by atoms with E-state index in [9.17, 15) is 0 Å². The smallest absolute Gasteiger partial charge is 0.0742 e. The van der Waals surface area contributed by atoms with Crippen molar-refractivity contribution in [2.75, 3.05) is 0 Å². The fourth-order valence-electron chi connectivity index (χ4n) is 3.26. The van der Waals surface area contributed by atoms with Gasteiger partial charge in [-0.1, -0.05) is 106 Å². The second kappa shape index (κ2) is 10.2. The average Bonchev–Trinajstić information content (AvgIpc) is 2.65. The Hall–Kier alpha value is -0.860. The molecule has 0 aromatic heterocycles. The predicted molar refractivity (Wildman–Crippen MR) is 113 cm³/mol. The van der Waals surface area contributed by atoms with E-state index in [-0.39, 0.29) is 10.00 Å². The molecule has 130 valence electrons. The van der Waals surface area contributed by atoms with Crippen LogP contribution >= 0.6 is 25.3 Å². The third kappa shape index (κ3) is 5.07. The van der Waals surface area contributed by atoms with Gasteiger partial charge in [-0.05, 0) is 17.5 Å². The zero-order valence-corrected chi connectivity index (χ0v) is 16.5. The zero-order valence-electron chi connectivity index (χ0n) is 14.7. The van der Waals surface area contributed by atoms with Crippen LogP contribution in [0.3, 0.4) is 0 Å². The van der Waals surface area contributed by atoms with Crippen LogP contribution in [-0.4, -0.2) is 5.25 Å². The lowest BCUT2D eigenvalue weighted by molar-refractivity contribution is 0.555. The minimum absolute atomic E-state index is 0.191. The van der Waals surface area contributed by atoms with Crippen LogP contribution in [0.2, 0.25) is 0 Å². The summed E-state index contributed by atoms with van der Waals surface area (Å²) in [5.74, 6) is 0. The molecule has 2 aromatic rings. The summed E-state index contributed by atoms with van der Waals surface area (Å²) in [7, 11) is 0. The summed E-state index contributed by atoms with van der Waals surface area (Å²) in [5, 5.41) is 0.191. The molecule has 0 N–H and O–H groups in total. The van der Waals surface area contributed by atoms with Gasteiger partial charge in [0.05, 0.1) is 4.75 Å². The SMILES string of the molecule is CCCCCCCCC(S)C(S)(c1ccccc1)c1ccccc1. The van der Waals surface area contributed by atoms with Crippen LogP contribution in [0, 0.1) is 0 Å². The molecule has 0 saturated heterocycles. The molecule has 0 amide bonds. The van der Waals surface area contributed by atoms with Gasteiger partial charge in [-0.25, -0.2) is 0 Å². The van der Waals surface area contributed by atoms with E-state index in [1.807, 2.05) is 0 Å². The monoisotopic (exact) mass is 358 g/mol. The maximum absolute atomic E-state index is 5.17. The lowest BCUT2D eigenvalue weighted by Crippen LogP contribution is -2.32. The van der Waals surface area contributed by atoms with Gasteiger partial charge in [-0.3, -0.25) is 0 Å². The number of unbranched alkanes of at least 4 members (excludes halogenated alkanes) is 5. The van der Waals surface area contributed by atoms with Crippen molar-refractivity contribution in [1.29, 1.82) is 0 Å². The van der Waals surface area contributed by atoms with Crippen molar-refractivity contribution in [3.05, 3.63) is 71.8 Å². The van der Waals surface area contributed by atoms with Crippen LogP contribution in [0.4, 0.5) is 0 Å². The molecule has 0 radical (unpaired) electrons. The van der Waals surface area contributed by atoms with Crippen LogP contribution in [-0.2, 0) is 4.75 Å². The quantitative estimate of drug-likeness (QED) is 0.334. The summed E-state index contributed by atoms with van der Waals surface area (Å²) in [6, 6.07) is 21.2. The van der Waals surface area contributed by atoms with E-state index in [0.717, 1.165) is 6.42 Å². The topological polar surface area (TPSA) is 0 Å². The molecule has 0 aliphatic carbocycles.